The van der Waals surface area contributed by atoms with Crippen LogP contribution in [0.25, 0.3) is 0 Å². The standard InChI is InChI=1S/C33H30F2N4O4/c34-29-20-28(21-30(35)33(29)36-18-16-23(17-19-36)22-4-2-1-3-5-22)37-31(24-6-10-26(11-7-24)38(40)41)14-15-32(37)25-8-12-27(13-9-25)39(42)43/h1-13,20-21,23,31-32H,14-19H2/t31-,32-/m0/s1. The Hall–Kier alpha value is -4.86. The molecule has 4 aromatic carbocycles. The summed E-state index contributed by atoms with van der Waals surface area (Å²) in [5.74, 6) is -0.952. The van der Waals surface area contributed by atoms with Crippen molar-refractivity contribution in [2.75, 3.05) is 22.9 Å². The second kappa shape index (κ2) is 11.8. The fraction of sp³-hybridized carbons (Fsp3) is 0.273. The van der Waals surface area contributed by atoms with E-state index in [-0.39, 0.29) is 29.1 Å². The van der Waals surface area contributed by atoms with Gasteiger partial charge in [0.25, 0.3) is 11.4 Å². The summed E-state index contributed by atoms with van der Waals surface area (Å²) in [6.45, 7) is 1.07. The quantitative estimate of drug-likeness (QED) is 0.160. The number of nitro benzene ring substituents is 2. The maximum absolute atomic E-state index is 15.9. The number of anilines is 2. The minimum Gasteiger partial charge on any atom is -0.367 e. The van der Waals surface area contributed by atoms with Crippen molar-refractivity contribution < 1.29 is 18.6 Å². The van der Waals surface area contributed by atoms with Gasteiger partial charge in [-0.05, 0) is 60.4 Å². The molecule has 0 N–H and O–H groups in total. The van der Waals surface area contributed by atoms with Crippen molar-refractivity contribution in [2.24, 2.45) is 0 Å². The second-order valence-corrected chi connectivity index (χ2v) is 11.1. The number of hydrogen-bond donors (Lipinski definition) is 0. The topological polar surface area (TPSA) is 92.8 Å². The number of benzene rings is 4. The minimum atomic E-state index is -0.648. The zero-order chi connectivity index (χ0) is 30.1. The van der Waals surface area contributed by atoms with Crippen LogP contribution in [0, 0.1) is 31.9 Å². The number of piperidine rings is 1. The van der Waals surface area contributed by atoms with E-state index in [4.69, 9.17) is 0 Å². The van der Waals surface area contributed by atoms with Gasteiger partial charge in [0.2, 0.25) is 0 Å². The second-order valence-electron chi connectivity index (χ2n) is 11.1. The molecule has 10 heteroatoms. The van der Waals surface area contributed by atoms with Crippen LogP contribution in [0.1, 0.15) is 60.4 Å². The average Bonchev–Trinajstić information content (AvgIpc) is 3.47. The first kappa shape index (κ1) is 28.3. The van der Waals surface area contributed by atoms with E-state index in [1.165, 1.54) is 42.0 Å². The summed E-state index contributed by atoms with van der Waals surface area (Å²) >= 11 is 0. The van der Waals surface area contributed by atoms with E-state index in [1.807, 2.05) is 23.1 Å². The molecule has 0 radical (unpaired) electrons. The summed E-state index contributed by atoms with van der Waals surface area (Å²) in [4.78, 5) is 25.2. The highest BCUT2D eigenvalue weighted by molar-refractivity contribution is 5.62. The Labute approximate surface area is 247 Å². The summed E-state index contributed by atoms with van der Waals surface area (Å²) in [7, 11) is 0. The molecule has 0 amide bonds. The van der Waals surface area contributed by atoms with Gasteiger partial charge in [0.05, 0.1) is 21.9 Å². The molecule has 2 atom stereocenters. The summed E-state index contributed by atoms with van der Waals surface area (Å²) in [6.07, 6.45) is 2.83. The van der Waals surface area contributed by atoms with E-state index in [9.17, 15) is 20.2 Å². The van der Waals surface area contributed by atoms with Crippen LogP contribution in [-0.4, -0.2) is 22.9 Å². The summed E-state index contributed by atoms with van der Waals surface area (Å²) in [5, 5.41) is 22.4. The van der Waals surface area contributed by atoms with Gasteiger partial charge in [-0.15, -0.1) is 0 Å². The molecule has 2 aliphatic heterocycles. The lowest BCUT2D eigenvalue weighted by atomic mass is 9.89. The van der Waals surface area contributed by atoms with Gasteiger partial charge >= 0.3 is 0 Å². The highest BCUT2D eigenvalue weighted by atomic mass is 19.1. The predicted molar refractivity (Wildman–Crippen MR) is 160 cm³/mol. The molecule has 0 bridgehead atoms. The first-order valence-electron chi connectivity index (χ1n) is 14.4. The van der Waals surface area contributed by atoms with Crippen molar-refractivity contribution in [3.8, 4) is 0 Å². The molecular weight excluding hydrogens is 554 g/mol. The van der Waals surface area contributed by atoms with Gasteiger partial charge in [-0.2, -0.15) is 0 Å². The molecule has 2 saturated heterocycles. The lowest BCUT2D eigenvalue weighted by Gasteiger charge is -2.36. The Balaban J connectivity index is 1.32. The molecule has 43 heavy (non-hydrogen) atoms. The molecular formula is C33H30F2N4O4. The van der Waals surface area contributed by atoms with Gasteiger partial charge in [-0.1, -0.05) is 54.6 Å². The van der Waals surface area contributed by atoms with E-state index in [0.717, 1.165) is 24.0 Å². The third kappa shape index (κ3) is 5.64. The van der Waals surface area contributed by atoms with E-state index in [2.05, 4.69) is 12.1 Å². The first-order chi connectivity index (χ1) is 20.8. The fourth-order valence-electron chi connectivity index (χ4n) is 6.63. The number of nitrogens with zero attached hydrogens (tertiary/aromatic N) is 4. The van der Waals surface area contributed by atoms with Crippen LogP contribution in [0.4, 0.5) is 31.5 Å². The van der Waals surface area contributed by atoms with Crippen molar-refractivity contribution in [3.63, 3.8) is 0 Å². The molecule has 220 valence electrons. The summed E-state index contributed by atoms with van der Waals surface area (Å²) in [6, 6.07) is 24.7. The maximum atomic E-state index is 15.9. The van der Waals surface area contributed by atoms with Crippen LogP contribution < -0.4 is 9.80 Å². The van der Waals surface area contributed by atoms with Crippen LogP contribution in [0.2, 0.25) is 0 Å². The number of nitro groups is 2. The van der Waals surface area contributed by atoms with E-state index in [0.29, 0.717) is 37.5 Å². The van der Waals surface area contributed by atoms with Gasteiger partial charge in [-0.3, -0.25) is 20.2 Å². The van der Waals surface area contributed by atoms with Crippen molar-refractivity contribution in [1.82, 2.24) is 0 Å². The molecule has 0 saturated carbocycles. The molecule has 2 fully saturated rings. The van der Waals surface area contributed by atoms with Crippen molar-refractivity contribution >= 4 is 22.7 Å². The van der Waals surface area contributed by atoms with Gasteiger partial charge in [-0.25, -0.2) is 8.78 Å². The average molecular weight is 585 g/mol. The van der Waals surface area contributed by atoms with Crippen molar-refractivity contribution in [1.29, 1.82) is 0 Å². The fourth-order valence-corrected chi connectivity index (χ4v) is 6.63. The van der Waals surface area contributed by atoms with Gasteiger partial charge in [0.1, 0.15) is 5.69 Å². The molecule has 0 unspecified atom stereocenters. The van der Waals surface area contributed by atoms with Crippen LogP contribution in [0.3, 0.4) is 0 Å². The highest BCUT2D eigenvalue weighted by Crippen LogP contribution is 2.48. The van der Waals surface area contributed by atoms with Crippen LogP contribution in [0.15, 0.2) is 91.0 Å². The summed E-state index contributed by atoms with van der Waals surface area (Å²) in [5.41, 5.74) is 3.03. The minimum absolute atomic E-state index is 0.0340. The summed E-state index contributed by atoms with van der Waals surface area (Å²) < 4.78 is 31.7. The van der Waals surface area contributed by atoms with Crippen LogP contribution >= 0.6 is 0 Å². The Kier molecular flexibility index (Phi) is 7.75. The zero-order valence-electron chi connectivity index (χ0n) is 23.3. The molecule has 6 rings (SSSR count). The number of rotatable bonds is 7. The smallest absolute Gasteiger partial charge is 0.269 e. The molecule has 0 aliphatic carbocycles. The predicted octanol–water partition coefficient (Wildman–Crippen LogP) is 8.25. The molecule has 2 heterocycles. The Morgan fingerprint density at radius 3 is 1.53 bits per heavy atom. The van der Waals surface area contributed by atoms with Crippen molar-refractivity contribution in [2.45, 2.75) is 43.7 Å². The monoisotopic (exact) mass is 584 g/mol. The number of halogens is 2. The largest absolute Gasteiger partial charge is 0.367 e. The maximum Gasteiger partial charge on any atom is 0.269 e. The molecule has 4 aromatic rings. The number of hydrogen-bond acceptors (Lipinski definition) is 6. The molecule has 8 nitrogen and oxygen atoms in total. The Morgan fingerprint density at radius 1 is 0.628 bits per heavy atom. The molecule has 2 aliphatic rings. The molecule has 0 aromatic heterocycles. The normalized spacial score (nSPS) is 19.0. The first-order valence-corrected chi connectivity index (χ1v) is 14.4. The van der Waals surface area contributed by atoms with Crippen molar-refractivity contribution in [3.05, 3.63) is 140 Å². The van der Waals surface area contributed by atoms with Crippen LogP contribution in [-0.2, 0) is 0 Å². The van der Waals surface area contributed by atoms with E-state index in [1.54, 1.807) is 29.2 Å². The van der Waals surface area contributed by atoms with Gasteiger partial charge in [0.15, 0.2) is 11.6 Å². The van der Waals surface area contributed by atoms with E-state index >= 15 is 8.78 Å². The van der Waals surface area contributed by atoms with Gasteiger partial charge in [0, 0.05) is 43.0 Å². The third-order valence-electron chi connectivity index (χ3n) is 8.74. The third-order valence-corrected chi connectivity index (χ3v) is 8.74. The lowest BCUT2D eigenvalue weighted by molar-refractivity contribution is -0.385. The zero-order valence-corrected chi connectivity index (χ0v) is 23.3. The van der Waals surface area contributed by atoms with Crippen LogP contribution in [0.5, 0.6) is 0 Å². The SMILES string of the molecule is O=[N+]([O-])c1ccc([C@@H]2CC[C@@H](c3ccc([N+](=O)[O-])cc3)N2c2cc(F)c(N3CCC(c4ccccc4)CC3)c(F)c2)cc1. The lowest BCUT2D eigenvalue weighted by Crippen LogP contribution is -2.34. The van der Waals surface area contributed by atoms with Gasteiger partial charge < -0.3 is 9.80 Å². The van der Waals surface area contributed by atoms with E-state index < -0.39 is 21.5 Å². The Morgan fingerprint density at radius 2 is 1.09 bits per heavy atom. The Bertz CT molecular complexity index is 1540. The highest BCUT2D eigenvalue weighted by Gasteiger charge is 2.37. The molecule has 0 spiro atoms. The number of non-ortho nitro benzene ring substituents is 2.